The first kappa shape index (κ1) is 24.5. The third kappa shape index (κ3) is 6.00. The SMILES string of the molecule is CCOc1ccccc1N(CC(=O)Nc1cccc(OC)c1)S(=O)(=O)c1ccc(SC)cc1. The van der Waals surface area contributed by atoms with Crippen molar-refractivity contribution in [3.8, 4) is 11.5 Å². The lowest BCUT2D eigenvalue weighted by atomic mass is 10.3. The molecule has 0 aliphatic heterocycles. The molecule has 9 heteroatoms. The van der Waals surface area contributed by atoms with Crippen molar-refractivity contribution in [2.45, 2.75) is 16.7 Å². The highest BCUT2D eigenvalue weighted by molar-refractivity contribution is 7.98. The monoisotopic (exact) mass is 486 g/mol. The molecular formula is C24H26N2O5S2. The van der Waals surface area contributed by atoms with Gasteiger partial charge < -0.3 is 14.8 Å². The van der Waals surface area contributed by atoms with Crippen molar-refractivity contribution in [3.63, 3.8) is 0 Å². The standard InChI is InChI=1S/C24H26N2O5S2/c1-4-31-23-11-6-5-10-22(23)26(33(28,29)21-14-12-20(32-3)13-15-21)17-24(27)25-18-8-7-9-19(16-18)30-2/h5-16H,4,17H2,1-3H3,(H,25,27). The number of hydrogen-bond acceptors (Lipinski definition) is 6. The van der Waals surface area contributed by atoms with Crippen LogP contribution in [0.4, 0.5) is 11.4 Å². The van der Waals surface area contributed by atoms with Crippen LogP contribution >= 0.6 is 11.8 Å². The summed E-state index contributed by atoms with van der Waals surface area (Å²) in [7, 11) is -2.53. The van der Waals surface area contributed by atoms with Crippen molar-refractivity contribution in [2.24, 2.45) is 0 Å². The van der Waals surface area contributed by atoms with Gasteiger partial charge in [-0.25, -0.2) is 8.42 Å². The number of hydrogen-bond donors (Lipinski definition) is 1. The van der Waals surface area contributed by atoms with Crippen molar-refractivity contribution in [1.82, 2.24) is 0 Å². The zero-order chi connectivity index (χ0) is 23.8. The molecule has 0 aliphatic rings. The number of rotatable bonds is 10. The van der Waals surface area contributed by atoms with E-state index in [2.05, 4.69) is 5.32 Å². The summed E-state index contributed by atoms with van der Waals surface area (Å²) in [5.74, 6) is 0.449. The first-order valence-corrected chi connectivity index (χ1v) is 12.9. The van der Waals surface area contributed by atoms with Crippen molar-refractivity contribution < 1.29 is 22.7 Å². The lowest BCUT2D eigenvalue weighted by Crippen LogP contribution is -2.38. The summed E-state index contributed by atoms with van der Waals surface area (Å²) in [6, 6.07) is 20.2. The summed E-state index contributed by atoms with van der Waals surface area (Å²) < 4.78 is 39.2. The summed E-state index contributed by atoms with van der Waals surface area (Å²) in [5.41, 5.74) is 0.785. The highest BCUT2D eigenvalue weighted by Gasteiger charge is 2.29. The summed E-state index contributed by atoms with van der Waals surface area (Å²) in [5, 5.41) is 2.74. The largest absolute Gasteiger partial charge is 0.497 e. The van der Waals surface area contributed by atoms with E-state index in [9.17, 15) is 13.2 Å². The third-order valence-corrected chi connectivity index (χ3v) is 7.24. The number of methoxy groups -OCH3 is 1. The predicted octanol–water partition coefficient (Wildman–Crippen LogP) is 4.65. The number of ether oxygens (including phenoxy) is 2. The van der Waals surface area contributed by atoms with Crippen LogP contribution in [0.25, 0.3) is 0 Å². The minimum Gasteiger partial charge on any atom is -0.497 e. The van der Waals surface area contributed by atoms with E-state index in [-0.39, 0.29) is 10.6 Å². The fraction of sp³-hybridized carbons (Fsp3) is 0.208. The lowest BCUT2D eigenvalue weighted by Gasteiger charge is -2.26. The smallest absolute Gasteiger partial charge is 0.264 e. The Kier molecular flexibility index (Phi) is 8.24. The summed E-state index contributed by atoms with van der Waals surface area (Å²) in [6.45, 7) is 1.73. The molecule has 1 N–H and O–H groups in total. The number of nitrogens with zero attached hydrogens (tertiary/aromatic N) is 1. The Balaban J connectivity index is 1.99. The van der Waals surface area contributed by atoms with Gasteiger partial charge in [-0.2, -0.15) is 0 Å². The molecule has 33 heavy (non-hydrogen) atoms. The normalized spacial score (nSPS) is 11.0. The number of para-hydroxylation sites is 2. The molecule has 0 saturated heterocycles. The van der Waals surface area contributed by atoms with E-state index >= 15 is 0 Å². The molecule has 7 nitrogen and oxygen atoms in total. The molecule has 0 fully saturated rings. The predicted molar refractivity (Wildman–Crippen MR) is 132 cm³/mol. The van der Waals surface area contributed by atoms with E-state index in [0.29, 0.717) is 23.8 Å². The van der Waals surface area contributed by atoms with Gasteiger partial charge in [0.15, 0.2) is 0 Å². The Morgan fingerprint density at radius 2 is 1.76 bits per heavy atom. The molecule has 0 atom stereocenters. The van der Waals surface area contributed by atoms with Gasteiger partial charge in [-0.1, -0.05) is 18.2 Å². The topological polar surface area (TPSA) is 84.9 Å². The van der Waals surface area contributed by atoms with E-state index in [1.807, 2.05) is 13.2 Å². The maximum Gasteiger partial charge on any atom is 0.264 e. The Bertz CT molecular complexity index is 1200. The highest BCUT2D eigenvalue weighted by atomic mass is 32.2. The van der Waals surface area contributed by atoms with Gasteiger partial charge >= 0.3 is 0 Å². The molecule has 3 rings (SSSR count). The number of thioether (sulfide) groups is 1. The van der Waals surface area contributed by atoms with Gasteiger partial charge in [-0.3, -0.25) is 9.10 Å². The maximum absolute atomic E-state index is 13.6. The number of amides is 1. The fourth-order valence-electron chi connectivity index (χ4n) is 3.15. The second-order valence-electron chi connectivity index (χ2n) is 6.87. The number of carbonyl (C=O) groups excluding carboxylic acids is 1. The fourth-order valence-corrected chi connectivity index (χ4v) is 4.99. The minimum atomic E-state index is -4.06. The molecule has 0 bridgehead atoms. The van der Waals surface area contributed by atoms with Gasteiger partial charge in [0.1, 0.15) is 18.0 Å². The minimum absolute atomic E-state index is 0.0841. The van der Waals surface area contributed by atoms with Crippen LogP contribution in [0.15, 0.2) is 82.6 Å². The molecule has 0 aromatic heterocycles. The van der Waals surface area contributed by atoms with Gasteiger partial charge in [0.05, 0.1) is 24.3 Å². The number of nitrogens with one attached hydrogen (secondary N) is 1. The summed E-state index contributed by atoms with van der Waals surface area (Å²) in [6.07, 6.45) is 1.91. The Labute approximate surface area is 198 Å². The average Bonchev–Trinajstić information content (AvgIpc) is 2.83. The van der Waals surface area contributed by atoms with Crippen molar-refractivity contribution in [1.29, 1.82) is 0 Å². The summed E-state index contributed by atoms with van der Waals surface area (Å²) >= 11 is 1.51. The molecular weight excluding hydrogens is 460 g/mol. The van der Waals surface area contributed by atoms with Gasteiger partial charge in [-0.05, 0) is 61.7 Å². The number of carbonyl (C=O) groups is 1. The van der Waals surface area contributed by atoms with Gasteiger partial charge in [0.25, 0.3) is 10.0 Å². The Morgan fingerprint density at radius 1 is 1.03 bits per heavy atom. The van der Waals surface area contributed by atoms with Crippen LogP contribution in [0.5, 0.6) is 11.5 Å². The average molecular weight is 487 g/mol. The van der Waals surface area contributed by atoms with Crippen molar-refractivity contribution >= 4 is 39.1 Å². The van der Waals surface area contributed by atoms with Crippen LogP contribution in [-0.2, 0) is 14.8 Å². The van der Waals surface area contributed by atoms with E-state index in [4.69, 9.17) is 9.47 Å². The molecule has 1 amide bonds. The van der Waals surface area contributed by atoms with E-state index < -0.39 is 22.5 Å². The van der Waals surface area contributed by atoms with E-state index in [1.54, 1.807) is 60.7 Å². The second kappa shape index (κ2) is 11.1. The first-order valence-electron chi connectivity index (χ1n) is 10.2. The molecule has 0 heterocycles. The van der Waals surface area contributed by atoms with Crippen LogP contribution in [-0.4, -0.2) is 40.8 Å². The van der Waals surface area contributed by atoms with Crippen LogP contribution in [0.3, 0.4) is 0 Å². The van der Waals surface area contributed by atoms with Gasteiger partial charge in [0, 0.05) is 16.6 Å². The molecule has 174 valence electrons. The first-order chi connectivity index (χ1) is 15.9. The van der Waals surface area contributed by atoms with Crippen molar-refractivity contribution in [3.05, 3.63) is 72.8 Å². The number of sulfonamides is 1. The lowest BCUT2D eigenvalue weighted by molar-refractivity contribution is -0.114. The van der Waals surface area contributed by atoms with Crippen LogP contribution < -0.4 is 19.1 Å². The number of benzene rings is 3. The Hall–Kier alpha value is -3.17. The highest BCUT2D eigenvalue weighted by Crippen LogP contribution is 2.33. The van der Waals surface area contributed by atoms with Crippen LogP contribution in [0.1, 0.15) is 6.92 Å². The van der Waals surface area contributed by atoms with Gasteiger partial charge in [0.2, 0.25) is 5.91 Å². The molecule has 0 saturated carbocycles. The molecule has 0 radical (unpaired) electrons. The molecule has 0 aliphatic carbocycles. The third-order valence-electron chi connectivity index (χ3n) is 4.72. The quantitative estimate of drug-likeness (QED) is 0.420. The Morgan fingerprint density at radius 3 is 2.42 bits per heavy atom. The molecule has 0 unspecified atom stereocenters. The van der Waals surface area contributed by atoms with E-state index in [1.165, 1.54) is 31.0 Å². The second-order valence-corrected chi connectivity index (χ2v) is 9.61. The summed E-state index contributed by atoms with van der Waals surface area (Å²) in [4.78, 5) is 14.0. The molecule has 3 aromatic rings. The molecule has 0 spiro atoms. The zero-order valence-electron chi connectivity index (χ0n) is 18.6. The number of anilines is 2. The van der Waals surface area contributed by atoms with Crippen molar-refractivity contribution in [2.75, 3.05) is 36.1 Å². The van der Waals surface area contributed by atoms with Crippen LogP contribution in [0.2, 0.25) is 0 Å². The maximum atomic E-state index is 13.6. The van der Waals surface area contributed by atoms with E-state index in [0.717, 1.165) is 9.20 Å². The van der Waals surface area contributed by atoms with Crippen LogP contribution in [0, 0.1) is 0 Å². The molecule has 3 aromatic carbocycles. The zero-order valence-corrected chi connectivity index (χ0v) is 20.3. The van der Waals surface area contributed by atoms with Gasteiger partial charge in [-0.15, -0.1) is 11.8 Å².